The zero-order valence-electron chi connectivity index (χ0n) is 15.0. The fraction of sp³-hybridized carbons (Fsp3) is 0.529. The number of piperidine rings is 1. The molecule has 0 radical (unpaired) electrons. The number of nitrogens with two attached hydrogens (primary N) is 1. The molecule has 3 heterocycles. The summed E-state index contributed by atoms with van der Waals surface area (Å²) in [7, 11) is 0. The molecule has 144 valence electrons. The molecule has 2 aromatic rings. The van der Waals surface area contributed by atoms with Gasteiger partial charge in [0.05, 0.1) is 5.39 Å². The van der Waals surface area contributed by atoms with Crippen molar-refractivity contribution in [2.45, 2.75) is 26.9 Å². The molecule has 1 aliphatic carbocycles. The molecule has 1 amide bonds. The number of anilines is 1. The number of halogens is 3. The number of carbonyl (C=O) groups excluding carboxylic acids is 1. The van der Waals surface area contributed by atoms with Crippen LogP contribution in [0.2, 0.25) is 10.4 Å². The molecule has 1 saturated heterocycles. The largest absolute Gasteiger partial charge is 0.445 e. The van der Waals surface area contributed by atoms with Crippen molar-refractivity contribution >= 4 is 46.0 Å². The normalized spacial score (nSPS) is 27.0. The Labute approximate surface area is 165 Å². The van der Waals surface area contributed by atoms with Gasteiger partial charge in [-0.15, -0.1) is 0 Å². The molecular weight excluding hydrogens is 396 g/mol. The van der Waals surface area contributed by atoms with Gasteiger partial charge in [0.15, 0.2) is 11.0 Å². The summed E-state index contributed by atoms with van der Waals surface area (Å²) in [4.78, 5) is 25.4. The van der Waals surface area contributed by atoms with Crippen LogP contribution in [0.4, 0.5) is 15.0 Å². The van der Waals surface area contributed by atoms with Crippen molar-refractivity contribution in [2.24, 2.45) is 22.5 Å². The first-order valence-electron chi connectivity index (χ1n) is 8.44. The number of aromatic nitrogens is 3. The highest BCUT2D eigenvalue weighted by Gasteiger charge is 2.76. The summed E-state index contributed by atoms with van der Waals surface area (Å²) in [5.41, 5.74) is 4.84. The van der Waals surface area contributed by atoms with E-state index in [0.717, 1.165) is 0 Å². The molecule has 0 bridgehead atoms. The predicted octanol–water partition coefficient (Wildman–Crippen LogP) is 3.42. The second-order valence-corrected chi connectivity index (χ2v) is 8.77. The van der Waals surface area contributed by atoms with E-state index >= 15 is 0 Å². The minimum Gasteiger partial charge on any atom is -0.445 e. The number of hydrogen-bond acceptors (Lipinski definition) is 6. The van der Waals surface area contributed by atoms with Gasteiger partial charge in [-0.05, 0) is 17.0 Å². The van der Waals surface area contributed by atoms with Crippen molar-refractivity contribution in [2.75, 3.05) is 18.0 Å². The fourth-order valence-electron chi connectivity index (χ4n) is 4.49. The maximum absolute atomic E-state index is 14.4. The Morgan fingerprint density at radius 3 is 2.70 bits per heavy atom. The molecule has 4 rings (SSSR count). The van der Waals surface area contributed by atoms with Crippen LogP contribution in [-0.2, 0) is 4.74 Å². The Hall–Kier alpha value is -1.93. The highest BCUT2D eigenvalue weighted by atomic mass is 35.5. The first-order chi connectivity index (χ1) is 12.6. The quantitative estimate of drug-likeness (QED) is 0.598. The SMILES string of the molecule is CC(C)(C)[C@@]12CN(c3nc(Cl)nc4c(F)c(Cl)ncc34)C[C@H]1[C@@H]2OC(N)=O. The third-order valence-electron chi connectivity index (χ3n) is 5.83. The third kappa shape index (κ3) is 2.61. The van der Waals surface area contributed by atoms with Crippen molar-refractivity contribution in [1.82, 2.24) is 15.0 Å². The Balaban J connectivity index is 1.75. The fourth-order valence-corrected chi connectivity index (χ4v) is 4.79. The lowest BCUT2D eigenvalue weighted by Crippen LogP contribution is -2.38. The van der Waals surface area contributed by atoms with Crippen molar-refractivity contribution in [1.29, 1.82) is 0 Å². The standard InChI is InChI=1S/C17H18Cl2FN5O2/c1-16(2,3)17-6-25(5-8(17)11(17)27-15(21)26)13-7-4-22-12(18)9(20)10(7)23-14(19)24-13/h4,8,11H,5-6H2,1-3H3,(H2,21,26)/t8-,11-,17-/m0/s1. The van der Waals surface area contributed by atoms with E-state index in [2.05, 4.69) is 35.7 Å². The molecule has 2 fully saturated rings. The van der Waals surface area contributed by atoms with Crippen LogP contribution in [0.15, 0.2) is 6.20 Å². The number of ether oxygens (including phenoxy) is 1. The molecule has 1 saturated carbocycles. The van der Waals surface area contributed by atoms with Gasteiger partial charge in [0.2, 0.25) is 5.28 Å². The minimum atomic E-state index is -0.777. The lowest BCUT2D eigenvalue weighted by atomic mass is 9.76. The van der Waals surface area contributed by atoms with Gasteiger partial charge in [-0.1, -0.05) is 32.4 Å². The molecule has 2 aliphatic rings. The Morgan fingerprint density at radius 1 is 1.41 bits per heavy atom. The van der Waals surface area contributed by atoms with Crippen LogP contribution >= 0.6 is 23.2 Å². The van der Waals surface area contributed by atoms with Gasteiger partial charge in [0.25, 0.3) is 0 Å². The van der Waals surface area contributed by atoms with Crippen LogP contribution in [0.1, 0.15) is 20.8 Å². The summed E-state index contributed by atoms with van der Waals surface area (Å²) in [6.07, 6.45) is 0.414. The molecule has 7 nitrogen and oxygen atoms in total. The van der Waals surface area contributed by atoms with Crippen LogP contribution in [0.5, 0.6) is 0 Å². The second-order valence-electron chi connectivity index (χ2n) is 8.08. The Kier molecular flexibility index (Phi) is 3.95. The van der Waals surface area contributed by atoms with E-state index in [9.17, 15) is 9.18 Å². The molecule has 2 aromatic heterocycles. The van der Waals surface area contributed by atoms with Crippen molar-refractivity contribution in [3.05, 3.63) is 22.5 Å². The van der Waals surface area contributed by atoms with E-state index in [0.29, 0.717) is 24.3 Å². The molecule has 1 aliphatic heterocycles. The molecule has 10 heteroatoms. The van der Waals surface area contributed by atoms with Crippen LogP contribution < -0.4 is 10.6 Å². The highest BCUT2D eigenvalue weighted by Crippen LogP contribution is 2.68. The van der Waals surface area contributed by atoms with E-state index in [-0.39, 0.29) is 38.8 Å². The molecule has 3 atom stereocenters. The molecular formula is C17H18Cl2FN5O2. The minimum absolute atomic E-state index is 0.0281. The molecule has 0 spiro atoms. The van der Waals surface area contributed by atoms with Crippen molar-refractivity contribution < 1.29 is 13.9 Å². The maximum Gasteiger partial charge on any atom is 0.404 e. The maximum atomic E-state index is 14.4. The van der Waals surface area contributed by atoms with Crippen LogP contribution in [0.3, 0.4) is 0 Å². The number of fused-ring (bicyclic) bond motifs is 2. The van der Waals surface area contributed by atoms with Crippen LogP contribution in [-0.4, -0.2) is 40.2 Å². The van der Waals surface area contributed by atoms with Gasteiger partial charge in [0, 0.05) is 30.6 Å². The van der Waals surface area contributed by atoms with E-state index in [1.807, 2.05) is 4.90 Å². The summed E-state index contributed by atoms with van der Waals surface area (Å²) < 4.78 is 19.7. The topological polar surface area (TPSA) is 94.2 Å². The zero-order chi connectivity index (χ0) is 19.7. The number of amides is 1. The Bertz CT molecular complexity index is 966. The number of primary amides is 1. The second kappa shape index (κ2) is 5.78. The Morgan fingerprint density at radius 2 is 2.11 bits per heavy atom. The summed E-state index contributed by atoms with van der Waals surface area (Å²) in [6, 6.07) is 0. The summed E-state index contributed by atoms with van der Waals surface area (Å²) >= 11 is 11.8. The van der Waals surface area contributed by atoms with Gasteiger partial charge >= 0.3 is 6.09 Å². The number of hydrogen-bond donors (Lipinski definition) is 1. The van der Waals surface area contributed by atoms with Gasteiger partial charge in [0.1, 0.15) is 17.4 Å². The summed E-state index contributed by atoms with van der Waals surface area (Å²) in [5.74, 6) is -0.148. The van der Waals surface area contributed by atoms with E-state index in [4.69, 9.17) is 33.7 Å². The number of pyridine rings is 1. The monoisotopic (exact) mass is 413 g/mol. The molecule has 2 N–H and O–H groups in total. The highest BCUT2D eigenvalue weighted by molar-refractivity contribution is 6.30. The zero-order valence-corrected chi connectivity index (χ0v) is 16.5. The smallest absolute Gasteiger partial charge is 0.404 e. The van der Waals surface area contributed by atoms with E-state index < -0.39 is 11.9 Å². The van der Waals surface area contributed by atoms with E-state index in [1.165, 1.54) is 6.20 Å². The first-order valence-corrected chi connectivity index (χ1v) is 9.20. The number of nitrogens with zero attached hydrogens (tertiary/aromatic N) is 4. The van der Waals surface area contributed by atoms with Crippen molar-refractivity contribution in [3.8, 4) is 0 Å². The van der Waals surface area contributed by atoms with E-state index in [1.54, 1.807) is 0 Å². The lowest BCUT2D eigenvalue weighted by Gasteiger charge is -2.33. The number of rotatable bonds is 2. The summed E-state index contributed by atoms with van der Waals surface area (Å²) in [5, 5.41) is 0.0848. The van der Waals surface area contributed by atoms with Crippen LogP contribution in [0, 0.1) is 22.6 Å². The molecule has 0 aromatic carbocycles. The third-order valence-corrected chi connectivity index (χ3v) is 6.26. The predicted molar refractivity (Wildman–Crippen MR) is 99.4 cm³/mol. The number of carbonyl (C=O) groups is 1. The van der Waals surface area contributed by atoms with Gasteiger partial charge < -0.3 is 15.4 Å². The van der Waals surface area contributed by atoms with Crippen molar-refractivity contribution in [3.63, 3.8) is 0 Å². The first kappa shape index (κ1) is 18.4. The molecule has 27 heavy (non-hydrogen) atoms. The van der Waals surface area contributed by atoms with Gasteiger partial charge in [-0.25, -0.2) is 19.2 Å². The molecule has 0 unspecified atom stereocenters. The summed E-state index contributed by atoms with van der Waals surface area (Å²) in [6.45, 7) is 7.42. The van der Waals surface area contributed by atoms with Gasteiger partial charge in [-0.3, -0.25) is 0 Å². The lowest BCUT2D eigenvalue weighted by molar-refractivity contribution is 0.0962. The average Bonchev–Trinajstić information content (AvgIpc) is 2.98. The average molecular weight is 414 g/mol. The van der Waals surface area contributed by atoms with Gasteiger partial charge in [-0.2, -0.15) is 4.98 Å². The van der Waals surface area contributed by atoms with Crippen LogP contribution in [0.25, 0.3) is 10.9 Å².